The summed E-state index contributed by atoms with van der Waals surface area (Å²) in [6.07, 6.45) is 9.48. The zero-order valence-electron chi connectivity index (χ0n) is 29.1. The third-order valence-corrected chi connectivity index (χ3v) is 11.9. The molecule has 1 aromatic heterocycles. The van der Waals surface area contributed by atoms with Gasteiger partial charge in [-0.3, -0.25) is 0 Å². The number of rotatable bonds is 10. The Morgan fingerprint density at radius 3 is 1.87 bits per heavy atom. The largest absolute Gasteiger partial charge is 0.356 e. The van der Waals surface area contributed by atoms with Crippen molar-refractivity contribution in [2.24, 2.45) is 0 Å². The quantitative estimate of drug-likeness (QED) is 0.112. The molecule has 52 heavy (non-hydrogen) atoms. The first-order chi connectivity index (χ1) is 25.8. The second-order valence-electron chi connectivity index (χ2n) is 13.6. The zero-order chi connectivity index (χ0) is 34.9. The van der Waals surface area contributed by atoms with E-state index in [2.05, 4.69) is 188 Å². The van der Waals surface area contributed by atoms with Gasteiger partial charge in [0.25, 0.3) is 0 Å². The van der Waals surface area contributed by atoms with Crippen molar-refractivity contribution >= 4 is 42.9 Å². The molecule has 250 valence electrons. The number of fused-ring (bicyclic) bond motifs is 7. The van der Waals surface area contributed by atoms with E-state index in [0.717, 1.165) is 30.6 Å². The number of benzene rings is 7. The van der Waals surface area contributed by atoms with Crippen LogP contribution in [-0.2, 0) is 11.8 Å². The smallest absolute Gasteiger partial charge is 0.0714 e. The highest BCUT2D eigenvalue weighted by molar-refractivity contribution is 7.27. The van der Waals surface area contributed by atoms with Crippen molar-refractivity contribution in [3.8, 4) is 22.3 Å². The van der Waals surface area contributed by atoms with Crippen molar-refractivity contribution in [3.63, 3.8) is 0 Å². The second kappa shape index (κ2) is 13.6. The van der Waals surface area contributed by atoms with Crippen molar-refractivity contribution in [2.45, 2.75) is 24.7 Å². The minimum Gasteiger partial charge on any atom is -0.356 e. The van der Waals surface area contributed by atoms with Gasteiger partial charge in [-0.25, -0.2) is 0 Å². The normalized spacial score (nSPS) is 13.0. The molecule has 0 atom stereocenters. The van der Waals surface area contributed by atoms with Gasteiger partial charge in [0.15, 0.2) is 0 Å². The summed E-state index contributed by atoms with van der Waals surface area (Å²) in [4.78, 5) is 0. The molecule has 0 aliphatic heterocycles. The summed E-state index contributed by atoms with van der Waals surface area (Å²) >= 11 is 1.94. The van der Waals surface area contributed by atoms with Crippen LogP contribution in [0.3, 0.4) is 0 Å². The molecular formula is C50H39NS. The standard InChI is InChI=1S/C50H39NS/c1-2-3-4-5-8-16-35-25-29-39(30-26-35)51-40-31-27-36(28-32-40)41-22-15-23-42-43-33-34-46-47(49(43)52-48(41)42)44-21-13-14-24-45(44)50(46,37-17-9-6-10-18-37)38-19-11-7-12-20-38/h2,5-15,17-34,51H,1,3-4,16H2/b8-5-. The van der Waals surface area contributed by atoms with Crippen LogP contribution in [0, 0.1) is 0 Å². The molecule has 1 aliphatic rings. The molecule has 1 aliphatic carbocycles. The SMILES string of the molecule is C=CCC/C=C\Cc1ccc(Nc2ccc(-c3cccc4c3sc3c5c(ccc34)C(c3ccccc3)(c3ccccc3)c3ccccc3-5)cc2)cc1. The Morgan fingerprint density at radius 1 is 0.519 bits per heavy atom. The number of thiophene rings is 1. The van der Waals surface area contributed by atoms with Gasteiger partial charge in [0, 0.05) is 37.1 Å². The number of hydrogen-bond donors (Lipinski definition) is 1. The molecular weight excluding hydrogens is 647 g/mol. The van der Waals surface area contributed by atoms with E-state index >= 15 is 0 Å². The molecule has 9 rings (SSSR count). The van der Waals surface area contributed by atoms with Crippen molar-refractivity contribution < 1.29 is 0 Å². The molecule has 7 aromatic carbocycles. The van der Waals surface area contributed by atoms with Gasteiger partial charge < -0.3 is 5.32 Å². The van der Waals surface area contributed by atoms with Gasteiger partial charge in [-0.1, -0.05) is 158 Å². The number of anilines is 2. The first kappa shape index (κ1) is 32.0. The predicted molar refractivity (Wildman–Crippen MR) is 224 cm³/mol. The van der Waals surface area contributed by atoms with E-state index in [9.17, 15) is 0 Å². The Labute approximate surface area is 310 Å². The van der Waals surface area contributed by atoms with E-state index in [1.165, 1.54) is 70.2 Å². The topological polar surface area (TPSA) is 12.0 Å². The van der Waals surface area contributed by atoms with Crippen LogP contribution in [0.2, 0.25) is 0 Å². The molecule has 0 saturated carbocycles. The van der Waals surface area contributed by atoms with Crippen LogP contribution in [0.1, 0.15) is 40.7 Å². The van der Waals surface area contributed by atoms with E-state index in [0.29, 0.717) is 0 Å². The van der Waals surface area contributed by atoms with Gasteiger partial charge in [0.2, 0.25) is 0 Å². The first-order valence-corrected chi connectivity index (χ1v) is 19.0. The van der Waals surface area contributed by atoms with E-state index in [1.54, 1.807) is 0 Å². The van der Waals surface area contributed by atoms with Crippen molar-refractivity contribution in [3.05, 3.63) is 216 Å². The minimum absolute atomic E-state index is 0.396. The average Bonchev–Trinajstić information content (AvgIpc) is 3.74. The van der Waals surface area contributed by atoms with Crippen molar-refractivity contribution in [1.82, 2.24) is 0 Å². The van der Waals surface area contributed by atoms with E-state index in [1.807, 2.05) is 17.4 Å². The lowest BCUT2D eigenvalue weighted by molar-refractivity contribution is 0.769. The maximum absolute atomic E-state index is 3.80. The lowest BCUT2D eigenvalue weighted by Crippen LogP contribution is -2.28. The number of nitrogens with one attached hydrogen (secondary N) is 1. The maximum Gasteiger partial charge on any atom is 0.0714 e. The fourth-order valence-corrected chi connectivity index (χ4v) is 9.58. The van der Waals surface area contributed by atoms with E-state index < -0.39 is 5.41 Å². The number of allylic oxidation sites excluding steroid dienone is 3. The fourth-order valence-electron chi connectivity index (χ4n) is 8.18. The summed E-state index contributed by atoms with van der Waals surface area (Å²) in [5.74, 6) is 0. The lowest BCUT2D eigenvalue weighted by Gasteiger charge is -2.33. The maximum atomic E-state index is 3.80. The summed E-state index contributed by atoms with van der Waals surface area (Å²) in [6, 6.07) is 60.4. The van der Waals surface area contributed by atoms with Gasteiger partial charge in [0.1, 0.15) is 0 Å². The van der Waals surface area contributed by atoms with Crippen LogP contribution in [0.5, 0.6) is 0 Å². The van der Waals surface area contributed by atoms with E-state index in [4.69, 9.17) is 0 Å². The summed E-state index contributed by atoms with van der Waals surface area (Å²) < 4.78 is 2.69. The molecule has 8 aromatic rings. The van der Waals surface area contributed by atoms with Crippen LogP contribution in [0.15, 0.2) is 189 Å². The predicted octanol–water partition coefficient (Wildman–Crippen LogP) is 13.9. The Bertz CT molecular complexity index is 2520. The molecule has 0 bridgehead atoms. The van der Waals surface area contributed by atoms with Crippen LogP contribution < -0.4 is 5.32 Å². The Hall–Kier alpha value is -5.96. The second-order valence-corrected chi connectivity index (χ2v) is 14.6. The van der Waals surface area contributed by atoms with Gasteiger partial charge >= 0.3 is 0 Å². The molecule has 0 unspecified atom stereocenters. The summed E-state index contributed by atoms with van der Waals surface area (Å²) in [6.45, 7) is 3.80. The Kier molecular flexibility index (Phi) is 8.39. The zero-order valence-corrected chi connectivity index (χ0v) is 29.9. The number of hydrogen-bond acceptors (Lipinski definition) is 2. The molecule has 1 heterocycles. The third-order valence-electron chi connectivity index (χ3n) is 10.6. The van der Waals surface area contributed by atoms with Crippen LogP contribution in [-0.4, -0.2) is 0 Å². The van der Waals surface area contributed by atoms with Crippen LogP contribution in [0.25, 0.3) is 42.4 Å². The molecule has 0 spiro atoms. The fraction of sp³-hybridized carbons (Fsp3) is 0.0800. The summed E-state index contributed by atoms with van der Waals surface area (Å²) in [7, 11) is 0. The molecule has 2 heteroatoms. The first-order valence-electron chi connectivity index (χ1n) is 18.2. The molecule has 0 saturated heterocycles. The number of unbranched alkanes of at least 4 members (excludes halogenated alkanes) is 1. The summed E-state index contributed by atoms with van der Waals surface area (Å²) in [5.41, 5.74) is 13.6. The lowest BCUT2D eigenvalue weighted by atomic mass is 9.68. The van der Waals surface area contributed by atoms with Crippen LogP contribution >= 0.6 is 11.3 Å². The van der Waals surface area contributed by atoms with Gasteiger partial charge in [-0.2, -0.15) is 0 Å². The van der Waals surface area contributed by atoms with Crippen LogP contribution in [0.4, 0.5) is 11.4 Å². The minimum atomic E-state index is -0.396. The Balaban J connectivity index is 1.10. The molecule has 0 fully saturated rings. The highest BCUT2D eigenvalue weighted by Crippen LogP contribution is 2.59. The highest BCUT2D eigenvalue weighted by atomic mass is 32.1. The van der Waals surface area contributed by atoms with Gasteiger partial charge in [0.05, 0.1) is 5.41 Å². The van der Waals surface area contributed by atoms with Gasteiger partial charge in [-0.05, 0) is 88.0 Å². The molecule has 1 N–H and O–H groups in total. The van der Waals surface area contributed by atoms with Crippen molar-refractivity contribution in [2.75, 3.05) is 5.32 Å². The average molecular weight is 686 g/mol. The third kappa shape index (κ3) is 5.39. The molecule has 1 nitrogen and oxygen atoms in total. The molecule has 0 radical (unpaired) electrons. The van der Waals surface area contributed by atoms with E-state index in [-0.39, 0.29) is 0 Å². The Morgan fingerprint density at radius 2 is 1.15 bits per heavy atom. The highest BCUT2D eigenvalue weighted by Gasteiger charge is 2.46. The molecule has 0 amide bonds. The summed E-state index contributed by atoms with van der Waals surface area (Å²) in [5, 5.41) is 6.23. The van der Waals surface area contributed by atoms with Crippen molar-refractivity contribution in [1.29, 1.82) is 0 Å². The van der Waals surface area contributed by atoms with Gasteiger partial charge in [-0.15, -0.1) is 17.9 Å². The monoisotopic (exact) mass is 685 g/mol.